The highest BCUT2D eigenvalue weighted by atomic mass is 16.5. The van der Waals surface area contributed by atoms with Crippen LogP contribution < -0.4 is 10.2 Å². The molecule has 0 radical (unpaired) electrons. The summed E-state index contributed by atoms with van der Waals surface area (Å²) in [6.07, 6.45) is 0.878. The number of amidine groups is 1. The number of amides is 1. The normalized spacial score (nSPS) is 14.2. The summed E-state index contributed by atoms with van der Waals surface area (Å²) in [5.74, 6) is -1.05. The number of rotatable bonds is 8. The van der Waals surface area contributed by atoms with E-state index in [0.29, 0.717) is 16.8 Å². The van der Waals surface area contributed by atoms with Crippen LogP contribution in [0.2, 0.25) is 0 Å². The molecule has 0 atom stereocenters. The average molecular weight is 495 g/mol. The molecule has 0 spiro atoms. The van der Waals surface area contributed by atoms with Crippen molar-refractivity contribution in [3.05, 3.63) is 59.7 Å². The summed E-state index contributed by atoms with van der Waals surface area (Å²) in [6.45, 7) is 16.0. The largest absolute Gasteiger partial charge is 0.508 e. The lowest BCUT2D eigenvalue weighted by molar-refractivity contribution is -0.115. The molecule has 1 aliphatic heterocycles. The summed E-state index contributed by atoms with van der Waals surface area (Å²) in [6, 6.07) is 10.5. The Kier molecular flexibility index (Phi) is 9.12. The van der Waals surface area contributed by atoms with E-state index in [2.05, 4.69) is 16.8 Å². The van der Waals surface area contributed by atoms with Gasteiger partial charge >= 0.3 is 0 Å². The zero-order chi connectivity index (χ0) is 26.4. The van der Waals surface area contributed by atoms with E-state index in [4.69, 9.17) is 10.1 Å². The van der Waals surface area contributed by atoms with E-state index >= 15 is 0 Å². The second kappa shape index (κ2) is 12.1. The lowest BCUT2D eigenvalue weighted by Crippen LogP contribution is -2.44. The van der Waals surface area contributed by atoms with Gasteiger partial charge in [0.05, 0.1) is 18.9 Å². The summed E-state index contributed by atoms with van der Waals surface area (Å²) >= 11 is 0. The van der Waals surface area contributed by atoms with Crippen LogP contribution in [0.15, 0.2) is 43.0 Å². The van der Waals surface area contributed by atoms with E-state index in [1.165, 1.54) is 11.0 Å². The van der Waals surface area contributed by atoms with Gasteiger partial charge in [0.15, 0.2) is 5.84 Å². The Morgan fingerprint density at radius 2 is 1.75 bits per heavy atom. The van der Waals surface area contributed by atoms with Crippen LogP contribution in [-0.4, -0.2) is 65.7 Å². The maximum atomic E-state index is 12.8. The van der Waals surface area contributed by atoms with Gasteiger partial charge in [0.2, 0.25) is 0 Å². The molecule has 0 aliphatic carbocycles. The van der Waals surface area contributed by atoms with E-state index in [-0.39, 0.29) is 35.0 Å². The van der Waals surface area contributed by atoms with Crippen molar-refractivity contribution < 1.29 is 19.7 Å². The lowest BCUT2D eigenvalue weighted by atomic mass is 9.97. The number of hydrogen-bond donors (Lipinski definition) is 4. The zero-order valence-electron chi connectivity index (χ0n) is 21.7. The lowest BCUT2D eigenvalue weighted by Gasteiger charge is -2.28. The molecule has 0 saturated carbocycles. The molecule has 2 aromatic carbocycles. The number of nitrogens with zero attached hydrogens (tertiary/aromatic N) is 2. The minimum Gasteiger partial charge on any atom is -0.508 e. The van der Waals surface area contributed by atoms with Gasteiger partial charge in [-0.2, -0.15) is 0 Å². The fourth-order valence-electron chi connectivity index (χ4n) is 4.18. The van der Waals surface area contributed by atoms with Crippen LogP contribution in [0.3, 0.4) is 0 Å². The van der Waals surface area contributed by atoms with Crippen LogP contribution in [0, 0.1) is 5.41 Å². The molecule has 194 valence electrons. The molecule has 0 unspecified atom stereocenters. The number of ether oxygens (including phenoxy) is 1. The highest BCUT2D eigenvalue weighted by Crippen LogP contribution is 2.37. The van der Waals surface area contributed by atoms with Crippen molar-refractivity contribution >= 4 is 23.1 Å². The van der Waals surface area contributed by atoms with Gasteiger partial charge in [0, 0.05) is 43.0 Å². The Hall–Kier alpha value is -3.36. The molecule has 1 amide bonds. The number of phenols is 2. The summed E-state index contributed by atoms with van der Waals surface area (Å²) in [5, 5.41) is 32.4. The monoisotopic (exact) mass is 494 g/mol. The standard InChI is InChI=1S/C28H38N4O4/c1-18(2)23-16-24(26(34)17-25(23)33)20(5)32(27(29)28(35)30-19(3)4)22-8-6-21(7-9-22)10-11-31-12-14-36-15-13-31/h6-9,16-19,29,33-34H,5,10-15H2,1-4H3,(H,30,35). The van der Waals surface area contributed by atoms with Gasteiger partial charge in [-0.15, -0.1) is 0 Å². The first-order valence-corrected chi connectivity index (χ1v) is 12.4. The highest BCUT2D eigenvalue weighted by molar-refractivity contribution is 6.44. The molecule has 8 heteroatoms. The summed E-state index contributed by atoms with van der Waals surface area (Å²) < 4.78 is 5.41. The predicted molar refractivity (Wildman–Crippen MR) is 144 cm³/mol. The quantitative estimate of drug-likeness (QED) is 0.325. The molecule has 1 aliphatic rings. The third-order valence-corrected chi connectivity index (χ3v) is 6.22. The Bertz CT molecular complexity index is 1090. The van der Waals surface area contributed by atoms with Crippen molar-refractivity contribution in [3.8, 4) is 11.5 Å². The number of hydrogen-bond acceptors (Lipinski definition) is 6. The van der Waals surface area contributed by atoms with Crippen LogP contribution in [0.5, 0.6) is 11.5 Å². The molecular formula is C28H38N4O4. The van der Waals surface area contributed by atoms with E-state index < -0.39 is 5.91 Å². The minimum absolute atomic E-state index is 0.0000380. The molecule has 0 aromatic heterocycles. The van der Waals surface area contributed by atoms with Gasteiger partial charge in [-0.3, -0.25) is 20.0 Å². The molecule has 3 rings (SSSR count). The molecule has 1 fully saturated rings. The minimum atomic E-state index is -0.551. The van der Waals surface area contributed by atoms with E-state index in [1.807, 2.05) is 52.0 Å². The second-order valence-electron chi connectivity index (χ2n) is 9.71. The van der Waals surface area contributed by atoms with Crippen molar-refractivity contribution in [3.63, 3.8) is 0 Å². The average Bonchev–Trinajstić information content (AvgIpc) is 2.83. The number of nitrogens with one attached hydrogen (secondary N) is 2. The Labute approximate surface area is 213 Å². The van der Waals surface area contributed by atoms with Gasteiger partial charge in [-0.25, -0.2) is 0 Å². The number of carbonyl (C=O) groups excluding carboxylic acids is 1. The number of aromatic hydroxyl groups is 2. The van der Waals surface area contributed by atoms with E-state index in [9.17, 15) is 15.0 Å². The van der Waals surface area contributed by atoms with Crippen LogP contribution in [-0.2, 0) is 16.0 Å². The van der Waals surface area contributed by atoms with Crippen LogP contribution in [0.4, 0.5) is 5.69 Å². The molecule has 8 nitrogen and oxygen atoms in total. The molecule has 1 heterocycles. The Morgan fingerprint density at radius 1 is 1.11 bits per heavy atom. The van der Waals surface area contributed by atoms with E-state index in [1.54, 1.807) is 6.07 Å². The first-order valence-electron chi connectivity index (χ1n) is 12.4. The molecule has 1 saturated heterocycles. The fraction of sp³-hybridized carbons (Fsp3) is 0.429. The Balaban J connectivity index is 1.91. The SMILES string of the molecule is C=C(c1cc(C(C)C)c(O)cc1O)N(C(=N)C(=O)NC(C)C)c1ccc(CCN2CCOCC2)cc1. The summed E-state index contributed by atoms with van der Waals surface area (Å²) in [4.78, 5) is 16.6. The second-order valence-corrected chi connectivity index (χ2v) is 9.71. The fourth-order valence-corrected chi connectivity index (χ4v) is 4.18. The third kappa shape index (κ3) is 6.65. The zero-order valence-corrected chi connectivity index (χ0v) is 21.7. The topological polar surface area (TPSA) is 109 Å². The van der Waals surface area contributed by atoms with Gasteiger partial charge < -0.3 is 20.3 Å². The van der Waals surface area contributed by atoms with Crippen LogP contribution >= 0.6 is 0 Å². The van der Waals surface area contributed by atoms with Crippen LogP contribution in [0.1, 0.15) is 50.3 Å². The van der Waals surface area contributed by atoms with Gasteiger partial charge in [-0.1, -0.05) is 32.6 Å². The van der Waals surface area contributed by atoms with Gasteiger partial charge in [0.25, 0.3) is 5.91 Å². The molecule has 4 N–H and O–H groups in total. The van der Waals surface area contributed by atoms with Crippen molar-refractivity contribution in [2.75, 3.05) is 37.7 Å². The Morgan fingerprint density at radius 3 is 2.33 bits per heavy atom. The number of phenolic OH excluding ortho intramolecular Hbond substituents is 2. The predicted octanol–water partition coefficient (Wildman–Crippen LogP) is 4.08. The maximum Gasteiger partial charge on any atom is 0.287 e. The number of morpholine rings is 1. The van der Waals surface area contributed by atoms with Crippen molar-refractivity contribution in [1.29, 1.82) is 5.41 Å². The van der Waals surface area contributed by atoms with E-state index in [0.717, 1.165) is 44.8 Å². The molecule has 36 heavy (non-hydrogen) atoms. The maximum absolute atomic E-state index is 12.8. The van der Waals surface area contributed by atoms with Gasteiger partial charge in [0.1, 0.15) is 11.5 Å². The van der Waals surface area contributed by atoms with Crippen molar-refractivity contribution in [2.45, 2.75) is 46.1 Å². The number of anilines is 1. The van der Waals surface area contributed by atoms with Crippen molar-refractivity contribution in [1.82, 2.24) is 10.2 Å². The van der Waals surface area contributed by atoms with Crippen LogP contribution in [0.25, 0.3) is 5.70 Å². The number of carbonyl (C=O) groups is 1. The molecular weight excluding hydrogens is 456 g/mol. The molecule has 2 aromatic rings. The first-order chi connectivity index (χ1) is 17.1. The summed E-state index contributed by atoms with van der Waals surface area (Å²) in [7, 11) is 0. The molecule has 0 bridgehead atoms. The highest BCUT2D eigenvalue weighted by Gasteiger charge is 2.26. The smallest absolute Gasteiger partial charge is 0.287 e. The summed E-state index contributed by atoms with van der Waals surface area (Å²) in [5.41, 5.74) is 2.97. The number of benzene rings is 2. The first kappa shape index (κ1) is 27.2. The van der Waals surface area contributed by atoms with Crippen molar-refractivity contribution in [2.24, 2.45) is 0 Å². The van der Waals surface area contributed by atoms with Gasteiger partial charge in [-0.05, 0) is 55.5 Å². The third-order valence-electron chi connectivity index (χ3n) is 6.22.